The summed E-state index contributed by atoms with van der Waals surface area (Å²) in [4.78, 5) is 37.9. The zero-order valence-corrected chi connectivity index (χ0v) is 18.8. The van der Waals surface area contributed by atoms with Gasteiger partial charge in [0.1, 0.15) is 11.7 Å². The van der Waals surface area contributed by atoms with Gasteiger partial charge in [0.15, 0.2) is 0 Å². The number of rotatable bonds is 6. The minimum atomic E-state index is -0.355. The number of pyridine rings is 2. The van der Waals surface area contributed by atoms with E-state index < -0.39 is 0 Å². The third-order valence-electron chi connectivity index (χ3n) is 6.29. The highest BCUT2D eigenvalue weighted by Gasteiger charge is 2.37. The van der Waals surface area contributed by atoms with Crippen LogP contribution in [0.25, 0.3) is 11.1 Å². The van der Waals surface area contributed by atoms with Crippen LogP contribution in [-0.2, 0) is 4.79 Å². The van der Waals surface area contributed by atoms with Crippen LogP contribution in [0.1, 0.15) is 37.0 Å². The monoisotopic (exact) mass is 438 g/mol. The molecule has 0 bridgehead atoms. The molecular weight excluding hydrogens is 408 g/mol. The maximum Gasteiger partial charge on any atom is 0.259 e. The first-order chi connectivity index (χ1) is 15.4. The van der Waals surface area contributed by atoms with Gasteiger partial charge in [0.05, 0.1) is 19.2 Å². The molecule has 1 N–H and O–H groups in total. The SMILES string of the molecule is C[C@@H]1CN([C@H](C)CO)C(=O)c2cc(-c3ccncc3)cnc2O[C@H]1CN(C)C(=O)C1CC1. The highest BCUT2D eigenvalue weighted by Crippen LogP contribution is 2.32. The molecule has 0 aromatic carbocycles. The Bertz CT molecular complexity index is 979. The van der Waals surface area contributed by atoms with Crippen LogP contribution in [0.4, 0.5) is 0 Å². The van der Waals surface area contributed by atoms with Gasteiger partial charge in [-0.2, -0.15) is 0 Å². The van der Waals surface area contributed by atoms with Crippen LogP contribution in [0.5, 0.6) is 5.88 Å². The fourth-order valence-corrected chi connectivity index (χ4v) is 4.02. The normalized spacial score (nSPS) is 21.8. The molecule has 2 amide bonds. The first kappa shape index (κ1) is 22.2. The second kappa shape index (κ2) is 9.24. The van der Waals surface area contributed by atoms with E-state index in [1.165, 1.54) is 0 Å². The second-order valence-electron chi connectivity index (χ2n) is 8.93. The van der Waals surface area contributed by atoms with Gasteiger partial charge < -0.3 is 19.6 Å². The molecule has 1 fully saturated rings. The van der Waals surface area contributed by atoms with E-state index in [4.69, 9.17) is 4.74 Å². The molecule has 4 rings (SSSR count). The molecule has 2 aliphatic rings. The molecule has 2 aromatic rings. The second-order valence-corrected chi connectivity index (χ2v) is 8.93. The zero-order chi connectivity index (χ0) is 22.8. The summed E-state index contributed by atoms with van der Waals surface area (Å²) in [5.74, 6) is 0.243. The largest absolute Gasteiger partial charge is 0.472 e. The van der Waals surface area contributed by atoms with Crippen LogP contribution in [0.15, 0.2) is 36.8 Å². The Hall–Kier alpha value is -3.00. The molecule has 32 heavy (non-hydrogen) atoms. The number of aliphatic hydroxyl groups excluding tert-OH is 1. The third-order valence-corrected chi connectivity index (χ3v) is 6.29. The van der Waals surface area contributed by atoms with Crippen molar-refractivity contribution in [2.75, 3.05) is 26.7 Å². The summed E-state index contributed by atoms with van der Waals surface area (Å²) in [5.41, 5.74) is 2.03. The maximum atomic E-state index is 13.5. The summed E-state index contributed by atoms with van der Waals surface area (Å²) in [6.07, 6.45) is 6.63. The van der Waals surface area contributed by atoms with Crippen molar-refractivity contribution in [1.82, 2.24) is 19.8 Å². The van der Waals surface area contributed by atoms with Gasteiger partial charge in [0.25, 0.3) is 5.91 Å². The van der Waals surface area contributed by atoms with Crippen molar-refractivity contribution in [3.8, 4) is 17.0 Å². The van der Waals surface area contributed by atoms with Crippen LogP contribution in [-0.4, -0.2) is 75.6 Å². The van der Waals surface area contributed by atoms with Crippen LogP contribution >= 0.6 is 0 Å². The number of carbonyl (C=O) groups excluding carboxylic acids is 2. The van der Waals surface area contributed by atoms with E-state index in [1.807, 2.05) is 26.0 Å². The molecule has 8 nitrogen and oxygen atoms in total. The molecular formula is C24H30N4O4. The number of ether oxygens (including phenoxy) is 1. The minimum Gasteiger partial charge on any atom is -0.472 e. The first-order valence-electron chi connectivity index (χ1n) is 11.1. The van der Waals surface area contributed by atoms with Crippen LogP contribution < -0.4 is 4.74 Å². The lowest BCUT2D eigenvalue weighted by molar-refractivity contribution is -0.132. The predicted molar refractivity (Wildman–Crippen MR) is 119 cm³/mol. The van der Waals surface area contributed by atoms with Gasteiger partial charge in [-0.05, 0) is 43.5 Å². The number of likely N-dealkylation sites (N-methyl/N-ethyl adjacent to an activating group) is 1. The van der Waals surface area contributed by atoms with Crippen molar-refractivity contribution in [3.05, 3.63) is 42.4 Å². The minimum absolute atomic E-state index is 0.0581. The Labute approximate surface area is 188 Å². The molecule has 1 saturated carbocycles. The molecule has 2 aromatic heterocycles. The lowest BCUT2D eigenvalue weighted by atomic mass is 9.99. The number of fused-ring (bicyclic) bond motifs is 1. The average molecular weight is 439 g/mol. The molecule has 3 heterocycles. The summed E-state index contributed by atoms with van der Waals surface area (Å²) in [6, 6.07) is 5.14. The van der Waals surface area contributed by atoms with Gasteiger partial charge in [-0.1, -0.05) is 6.92 Å². The first-order valence-corrected chi connectivity index (χ1v) is 11.1. The Morgan fingerprint density at radius 3 is 2.69 bits per heavy atom. The molecule has 3 atom stereocenters. The molecule has 0 unspecified atom stereocenters. The number of nitrogens with zero attached hydrogens (tertiary/aromatic N) is 4. The van der Waals surface area contributed by atoms with Crippen molar-refractivity contribution in [2.45, 2.75) is 38.8 Å². The molecule has 0 radical (unpaired) electrons. The van der Waals surface area contributed by atoms with E-state index >= 15 is 0 Å². The molecule has 1 aliphatic heterocycles. The van der Waals surface area contributed by atoms with Crippen molar-refractivity contribution in [1.29, 1.82) is 0 Å². The number of amides is 2. The zero-order valence-electron chi connectivity index (χ0n) is 18.8. The van der Waals surface area contributed by atoms with Crippen LogP contribution in [0.3, 0.4) is 0 Å². The highest BCUT2D eigenvalue weighted by atomic mass is 16.5. The molecule has 170 valence electrons. The van der Waals surface area contributed by atoms with Gasteiger partial charge in [0.2, 0.25) is 11.8 Å². The molecule has 8 heteroatoms. The average Bonchev–Trinajstić information content (AvgIpc) is 3.66. The van der Waals surface area contributed by atoms with E-state index in [0.29, 0.717) is 18.7 Å². The lowest BCUT2D eigenvalue weighted by Crippen LogP contribution is -2.50. The summed E-state index contributed by atoms with van der Waals surface area (Å²) in [6.45, 7) is 4.51. The van der Waals surface area contributed by atoms with Crippen molar-refractivity contribution in [2.24, 2.45) is 11.8 Å². The summed E-state index contributed by atoms with van der Waals surface area (Å²) >= 11 is 0. The number of aromatic nitrogens is 2. The fraction of sp³-hybridized carbons (Fsp3) is 0.500. The number of hydrogen-bond donors (Lipinski definition) is 1. The summed E-state index contributed by atoms with van der Waals surface area (Å²) < 4.78 is 6.27. The van der Waals surface area contributed by atoms with Gasteiger partial charge in [-0.3, -0.25) is 14.6 Å². The maximum absolute atomic E-state index is 13.5. The van der Waals surface area contributed by atoms with E-state index in [0.717, 1.165) is 24.0 Å². The Morgan fingerprint density at radius 1 is 1.31 bits per heavy atom. The smallest absolute Gasteiger partial charge is 0.259 e. The quantitative estimate of drug-likeness (QED) is 0.743. The van der Waals surface area contributed by atoms with E-state index in [2.05, 4.69) is 9.97 Å². The lowest BCUT2D eigenvalue weighted by Gasteiger charge is -2.37. The number of aliphatic hydroxyl groups is 1. The number of hydrogen-bond acceptors (Lipinski definition) is 6. The molecule has 0 spiro atoms. The Morgan fingerprint density at radius 2 is 2.03 bits per heavy atom. The van der Waals surface area contributed by atoms with Crippen LogP contribution in [0, 0.1) is 11.8 Å². The van der Waals surface area contributed by atoms with Crippen LogP contribution in [0.2, 0.25) is 0 Å². The molecule has 0 saturated heterocycles. The van der Waals surface area contributed by atoms with Crippen molar-refractivity contribution in [3.63, 3.8) is 0 Å². The van der Waals surface area contributed by atoms with E-state index in [9.17, 15) is 14.7 Å². The highest BCUT2D eigenvalue weighted by molar-refractivity contribution is 5.98. The standard InChI is InChI=1S/C24H30N4O4/c1-15-12-28(16(2)14-29)24(31)20-10-19(17-6-8-25-9-7-17)11-26-22(20)32-21(15)13-27(3)23(30)18-4-5-18/h6-11,15-16,18,21,29H,4-5,12-14H2,1-3H3/t15-,16-,21+/m1/s1. The molecule has 1 aliphatic carbocycles. The summed E-state index contributed by atoms with van der Waals surface area (Å²) in [7, 11) is 1.80. The van der Waals surface area contributed by atoms with Gasteiger partial charge >= 0.3 is 0 Å². The van der Waals surface area contributed by atoms with Gasteiger partial charge in [-0.15, -0.1) is 0 Å². The topological polar surface area (TPSA) is 95.9 Å². The Balaban J connectivity index is 1.69. The van der Waals surface area contributed by atoms with Gasteiger partial charge in [0, 0.05) is 49.6 Å². The van der Waals surface area contributed by atoms with E-state index in [-0.39, 0.29) is 48.3 Å². The van der Waals surface area contributed by atoms with Gasteiger partial charge in [-0.25, -0.2) is 4.98 Å². The number of carbonyl (C=O) groups is 2. The van der Waals surface area contributed by atoms with Crippen molar-refractivity contribution >= 4 is 11.8 Å². The summed E-state index contributed by atoms with van der Waals surface area (Å²) in [5, 5.41) is 9.79. The van der Waals surface area contributed by atoms with E-state index in [1.54, 1.807) is 41.5 Å². The fourth-order valence-electron chi connectivity index (χ4n) is 4.02. The third kappa shape index (κ3) is 4.60. The predicted octanol–water partition coefficient (Wildman–Crippen LogP) is 2.23. The van der Waals surface area contributed by atoms with Crippen molar-refractivity contribution < 1.29 is 19.4 Å². The Kier molecular flexibility index (Phi) is 6.41.